The molecule has 0 saturated carbocycles. The number of esters is 1. The molecule has 0 N–H and O–H groups in total. The zero-order valence-corrected chi connectivity index (χ0v) is 16.4. The van der Waals surface area contributed by atoms with Gasteiger partial charge in [0.25, 0.3) is 10.0 Å². The number of carbonyl (C=O) groups is 1. The first-order chi connectivity index (χ1) is 13.5. The van der Waals surface area contributed by atoms with Crippen LogP contribution in [0.15, 0.2) is 66.0 Å². The van der Waals surface area contributed by atoms with Crippen molar-refractivity contribution in [2.24, 2.45) is 0 Å². The molecule has 3 heterocycles. The van der Waals surface area contributed by atoms with E-state index >= 15 is 0 Å². The highest BCUT2D eigenvalue weighted by Crippen LogP contribution is 2.32. The third kappa shape index (κ3) is 3.08. The lowest BCUT2D eigenvalue weighted by atomic mass is 10.2. The van der Waals surface area contributed by atoms with Crippen molar-refractivity contribution < 1.29 is 17.9 Å². The smallest absolute Gasteiger partial charge is 0.349 e. The van der Waals surface area contributed by atoms with Crippen LogP contribution in [-0.2, 0) is 14.8 Å². The first-order valence-corrected chi connectivity index (χ1v) is 10.7. The first kappa shape index (κ1) is 18.3. The normalized spacial score (nSPS) is 11.6. The van der Waals surface area contributed by atoms with Crippen LogP contribution in [0.2, 0.25) is 0 Å². The SMILES string of the molecule is CCOC(=O)c1cnc(-c2ccnc3c2ccn3S(=O)(=O)c2ccccc2)s1. The molecule has 9 heteroatoms. The lowest BCUT2D eigenvalue weighted by molar-refractivity contribution is 0.0532. The molecule has 1 aromatic carbocycles. The van der Waals surface area contributed by atoms with Gasteiger partial charge in [0, 0.05) is 23.3 Å². The molecular weight excluding hydrogens is 398 g/mol. The summed E-state index contributed by atoms with van der Waals surface area (Å²) in [4.78, 5) is 21.0. The average molecular weight is 413 g/mol. The molecule has 0 aliphatic carbocycles. The largest absolute Gasteiger partial charge is 0.462 e. The minimum Gasteiger partial charge on any atom is -0.462 e. The molecule has 0 aliphatic rings. The van der Waals surface area contributed by atoms with Crippen LogP contribution in [0.25, 0.3) is 21.6 Å². The van der Waals surface area contributed by atoms with Crippen LogP contribution in [-0.4, -0.2) is 34.9 Å². The Hall–Kier alpha value is -3.04. The van der Waals surface area contributed by atoms with Crippen molar-refractivity contribution in [2.45, 2.75) is 11.8 Å². The topological polar surface area (TPSA) is 91.2 Å². The highest BCUT2D eigenvalue weighted by Gasteiger charge is 2.21. The van der Waals surface area contributed by atoms with Crippen molar-refractivity contribution in [1.82, 2.24) is 13.9 Å². The van der Waals surface area contributed by atoms with Crippen molar-refractivity contribution >= 4 is 38.4 Å². The number of thiazole rings is 1. The van der Waals surface area contributed by atoms with Crippen molar-refractivity contribution in [1.29, 1.82) is 0 Å². The summed E-state index contributed by atoms with van der Waals surface area (Å²) in [6, 6.07) is 11.6. The number of benzene rings is 1. The second kappa shape index (κ2) is 7.17. The van der Waals surface area contributed by atoms with E-state index in [0.717, 1.165) is 3.97 Å². The predicted octanol–water partition coefficient (Wildman–Crippen LogP) is 3.57. The standard InChI is InChI=1S/C19H15N3O4S2/c1-2-26-19(23)16-12-21-18(27-16)15-8-10-20-17-14(15)9-11-22(17)28(24,25)13-6-4-3-5-7-13/h3-12H,2H2,1H3. The molecule has 0 aliphatic heterocycles. The van der Waals surface area contributed by atoms with Crippen LogP contribution in [0.5, 0.6) is 0 Å². The maximum atomic E-state index is 13.0. The highest BCUT2D eigenvalue weighted by atomic mass is 32.2. The molecular formula is C19H15N3O4S2. The Morgan fingerprint density at radius 1 is 1.14 bits per heavy atom. The Bertz CT molecular complexity index is 1260. The first-order valence-electron chi connectivity index (χ1n) is 8.42. The van der Waals surface area contributed by atoms with Gasteiger partial charge >= 0.3 is 5.97 Å². The van der Waals surface area contributed by atoms with E-state index in [1.807, 2.05) is 0 Å². The van der Waals surface area contributed by atoms with Crippen LogP contribution in [0.3, 0.4) is 0 Å². The fraction of sp³-hybridized carbons (Fsp3) is 0.105. The third-order valence-electron chi connectivity index (χ3n) is 4.07. The maximum absolute atomic E-state index is 13.0. The van der Waals surface area contributed by atoms with Crippen molar-refractivity contribution in [3.63, 3.8) is 0 Å². The summed E-state index contributed by atoms with van der Waals surface area (Å²) in [7, 11) is -3.77. The second-order valence-corrected chi connectivity index (χ2v) is 8.62. The molecule has 0 atom stereocenters. The molecule has 28 heavy (non-hydrogen) atoms. The minimum absolute atomic E-state index is 0.179. The molecule has 4 rings (SSSR count). The Morgan fingerprint density at radius 3 is 2.68 bits per heavy atom. The molecule has 0 unspecified atom stereocenters. The number of hydrogen-bond donors (Lipinski definition) is 0. The minimum atomic E-state index is -3.77. The number of rotatable bonds is 5. The van der Waals surface area contributed by atoms with Crippen molar-refractivity contribution in [3.05, 3.63) is 65.9 Å². The fourth-order valence-electron chi connectivity index (χ4n) is 2.80. The van der Waals surface area contributed by atoms with E-state index in [-0.39, 0.29) is 11.5 Å². The molecule has 0 saturated heterocycles. The number of ether oxygens (including phenoxy) is 1. The summed E-state index contributed by atoms with van der Waals surface area (Å²) in [5.74, 6) is -0.430. The Labute approximate surface area is 165 Å². The van der Waals surface area contributed by atoms with E-state index in [1.54, 1.807) is 37.3 Å². The summed E-state index contributed by atoms with van der Waals surface area (Å²) < 4.78 is 32.1. The van der Waals surface area contributed by atoms with Gasteiger partial charge in [0.2, 0.25) is 0 Å². The van der Waals surface area contributed by atoms with Crippen LogP contribution in [0, 0.1) is 0 Å². The number of hydrogen-bond acceptors (Lipinski definition) is 7. The van der Waals surface area contributed by atoms with Gasteiger partial charge in [0.05, 0.1) is 17.7 Å². The van der Waals surface area contributed by atoms with Crippen LogP contribution in [0.1, 0.15) is 16.6 Å². The molecule has 0 spiro atoms. The summed E-state index contributed by atoms with van der Waals surface area (Å²) >= 11 is 1.19. The van der Waals surface area contributed by atoms with Crippen LogP contribution < -0.4 is 0 Å². The number of carbonyl (C=O) groups excluding carboxylic acids is 1. The Morgan fingerprint density at radius 2 is 1.93 bits per heavy atom. The molecule has 142 valence electrons. The van der Waals surface area contributed by atoms with Crippen molar-refractivity contribution in [2.75, 3.05) is 6.61 Å². The van der Waals surface area contributed by atoms with E-state index in [0.29, 0.717) is 26.5 Å². The van der Waals surface area contributed by atoms with Gasteiger partial charge in [0.1, 0.15) is 9.88 Å². The summed E-state index contributed by atoms with van der Waals surface area (Å²) in [5.41, 5.74) is 1.00. The molecule has 0 radical (unpaired) electrons. The zero-order valence-electron chi connectivity index (χ0n) is 14.8. The number of fused-ring (bicyclic) bond motifs is 1. The summed E-state index contributed by atoms with van der Waals surface area (Å²) in [5, 5.41) is 1.22. The van der Waals surface area contributed by atoms with Crippen LogP contribution in [0.4, 0.5) is 0 Å². The van der Waals surface area contributed by atoms with Gasteiger partial charge < -0.3 is 4.74 Å². The predicted molar refractivity (Wildman–Crippen MR) is 106 cm³/mol. The maximum Gasteiger partial charge on any atom is 0.349 e. The molecule has 3 aromatic heterocycles. The average Bonchev–Trinajstić information content (AvgIpc) is 3.36. The monoisotopic (exact) mass is 413 g/mol. The lowest BCUT2D eigenvalue weighted by Gasteiger charge is -2.07. The number of nitrogens with zero attached hydrogens (tertiary/aromatic N) is 3. The van der Waals surface area contributed by atoms with Crippen LogP contribution >= 0.6 is 11.3 Å². The fourth-order valence-corrected chi connectivity index (χ4v) is 4.97. The van der Waals surface area contributed by atoms with E-state index in [2.05, 4.69) is 9.97 Å². The van der Waals surface area contributed by atoms with Crippen molar-refractivity contribution in [3.8, 4) is 10.6 Å². The molecule has 0 bridgehead atoms. The summed E-state index contributed by atoms with van der Waals surface area (Å²) in [6.07, 6.45) is 4.46. The highest BCUT2D eigenvalue weighted by molar-refractivity contribution is 7.90. The Kier molecular flexibility index (Phi) is 4.70. The van der Waals surface area contributed by atoms with Gasteiger partial charge in [-0.25, -0.2) is 27.2 Å². The van der Waals surface area contributed by atoms with E-state index in [1.165, 1.54) is 42.1 Å². The van der Waals surface area contributed by atoms with Gasteiger partial charge in [-0.1, -0.05) is 18.2 Å². The van der Waals surface area contributed by atoms with Gasteiger partial charge in [0.15, 0.2) is 5.65 Å². The number of pyridine rings is 1. The lowest BCUT2D eigenvalue weighted by Crippen LogP contribution is -2.12. The quantitative estimate of drug-likeness (QED) is 0.465. The zero-order chi connectivity index (χ0) is 19.7. The second-order valence-electron chi connectivity index (χ2n) is 5.78. The number of aromatic nitrogens is 3. The van der Waals surface area contributed by atoms with E-state index < -0.39 is 16.0 Å². The Balaban J connectivity index is 1.81. The van der Waals surface area contributed by atoms with Gasteiger partial charge in [-0.05, 0) is 31.2 Å². The summed E-state index contributed by atoms with van der Waals surface area (Å²) in [6.45, 7) is 2.02. The van der Waals surface area contributed by atoms with E-state index in [9.17, 15) is 13.2 Å². The van der Waals surface area contributed by atoms with Gasteiger partial charge in [-0.15, -0.1) is 11.3 Å². The van der Waals surface area contributed by atoms with E-state index in [4.69, 9.17) is 4.74 Å². The molecule has 7 nitrogen and oxygen atoms in total. The molecule has 0 fully saturated rings. The molecule has 4 aromatic rings. The third-order valence-corrected chi connectivity index (χ3v) is 6.76. The molecule has 0 amide bonds. The van der Waals surface area contributed by atoms with Gasteiger partial charge in [-0.2, -0.15) is 0 Å². The van der Waals surface area contributed by atoms with Gasteiger partial charge in [-0.3, -0.25) is 0 Å².